The molecular weight excluding hydrogens is 1090 g/mol. The zero-order valence-corrected chi connectivity index (χ0v) is 51.4. The number of benzene rings is 8. The van der Waals surface area contributed by atoms with Gasteiger partial charge in [0.2, 0.25) is 0 Å². The molecule has 0 N–H and O–H groups in total. The maximum atomic E-state index is 9.04. The fraction of sp³-hybridized carbons (Fsp3) is 0.359. The third-order valence-corrected chi connectivity index (χ3v) is 15.4. The van der Waals surface area contributed by atoms with Gasteiger partial charge in [0.25, 0.3) is 0 Å². The highest BCUT2D eigenvalue weighted by Gasteiger charge is 2.09. The average Bonchev–Trinajstić information content (AvgIpc) is 3.77. The monoisotopic (exact) mass is 1180 g/mol. The Morgan fingerprint density at radius 2 is 0.364 bits per heavy atom. The first-order chi connectivity index (χ1) is 43.6. The van der Waals surface area contributed by atoms with E-state index in [1.165, 1.54) is 0 Å². The second kappa shape index (κ2) is 39.0. The summed E-state index contributed by atoms with van der Waals surface area (Å²) in [5.74, 6) is 6.86. The molecule has 0 aliphatic rings. The van der Waals surface area contributed by atoms with Crippen LogP contribution in [0.4, 0.5) is 0 Å². The third kappa shape index (κ3) is 23.8. The zero-order chi connectivity index (χ0) is 60.7. The summed E-state index contributed by atoms with van der Waals surface area (Å²) in [6.45, 7) is 5.56. The number of nitrogens with zero attached hydrogens (tertiary/aromatic N) is 2. The van der Waals surface area contributed by atoms with Crippen LogP contribution in [0, 0.1) is 22.7 Å². The van der Waals surface area contributed by atoms with Gasteiger partial charge in [0.05, 0.1) is 76.1 Å². The first-order valence-electron chi connectivity index (χ1n) is 32.2. The van der Waals surface area contributed by atoms with Crippen LogP contribution in [0.5, 0.6) is 46.0 Å². The molecule has 0 aliphatic carbocycles. The molecule has 0 heterocycles. The molecule has 458 valence electrons. The van der Waals surface area contributed by atoms with E-state index in [0.717, 1.165) is 208 Å². The molecule has 8 rings (SSSR count). The van der Waals surface area contributed by atoms with Gasteiger partial charge >= 0.3 is 0 Å². The first kappa shape index (κ1) is 65.1. The fourth-order valence-corrected chi connectivity index (χ4v) is 10.3. The minimum atomic E-state index is 0.667. The molecule has 0 saturated carbocycles. The Bertz CT molecular complexity index is 3040. The van der Waals surface area contributed by atoms with Gasteiger partial charge in [-0.2, -0.15) is 10.5 Å². The Morgan fingerprint density at radius 3 is 0.557 bits per heavy atom. The molecule has 0 aliphatic heterocycles. The minimum Gasteiger partial charge on any atom is -0.494 e. The molecule has 8 aromatic carbocycles. The predicted octanol–water partition coefficient (Wildman–Crippen LogP) is 20.1. The molecule has 88 heavy (non-hydrogen) atoms. The van der Waals surface area contributed by atoms with E-state index in [4.69, 9.17) is 48.4 Å². The second-order valence-electron chi connectivity index (χ2n) is 22.2. The summed E-state index contributed by atoms with van der Waals surface area (Å²) in [5, 5.41) is 18.1. The number of nitriles is 2. The maximum absolute atomic E-state index is 9.04. The van der Waals surface area contributed by atoms with Crippen molar-refractivity contribution in [3.8, 4) is 91.5 Å². The second-order valence-corrected chi connectivity index (χ2v) is 22.2. The van der Waals surface area contributed by atoms with Crippen molar-refractivity contribution in [2.24, 2.45) is 0 Å². The number of para-hydroxylation sites is 4. The summed E-state index contributed by atoms with van der Waals surface area (Å²) in [5.41, 5.74) is 8.05. The van der Waals surface area contributed by atoms with E-state index >= 15 is 0 Å². The summed E-state index contributed by atoms with van der Waals surface area (Å²) < 4.78 is 48.7. The molecule has 8 aromatic rings. The number of rotatable bonds is 43. The lowest BCUT2D eigenvalue weighted by Crippen LogP contribution is -2.03. The molecule has 0 unspecified atom stereocenters. The van der Waals surface area contributed by atoms with Crippen LogP contribution in [-0.4, -0.2) is 52.9 Å². The van der Waals surface area contributed by atoms with Crippen LogP contribution in [0.3, 0.4) is 0 Å². The molecule has 0 atom stereocenters. The molecule has 0 saturated heterocycles. The van der Waals surface area contributed by atoms with E-state index in [1.54, 1.807) is 0 Å². The van der Waals surface area contributed by atoms with Gasteiger partial charge < -0.3 is 37.9 Å². The number of hydrogen-bond acceptors (Lipinski definition) is 10. The minimum absolute atomic E-state index is 0.667. The standard InChI is InChI=1S/C78H88N2O8/c79-61-63-29-33-65(34-30-63)67-37-45-71(46-38-67)81-53-17-5-1-9-21-57-85-75-25-13-15-27-77(75)87-59-23-11-3-7-19-55-83-73-49-41-69(42-50-73)70-43-51-74(52-44-70)84-56-20-8-4-12-24-60-88-78-28-16-14-26-76(78)86-58-22-10-2-6-18-54-82-72-47-39-68(40-48-72)66-35-31-64(62-80)32-36-66/h13-16,25-52H,1-12,17-24,53-60H2. The summed E-state index contributed by atoms with van der Waals surface area (Å²) >= 11 is 0. The highest BCUT2D eigenvalue weighted by molar-refractivity contribution is 5.67. The average molecular weight is 1180 g/mol. The lowest BCUT2D eigenvalue weighted by atomic mass is 10.0. The highest BCUT2D eigenvalue weighted by Crippen LogP contribution is 2.31. The van der Waals surface area contributed by atoms with Gasteiger partial charge in [-0.15, -0.1) is 0 Å². The maximum Gasteiger partial charge on any atom is 0.161 e. The van der Waals surface area contributed by atoms with Crippen molar-refractivity contribution >= 4 is 0 Å². The van der Waals surface area contributed by atoms with Crippen molar-refractivity contribution in [1.29, 1.82) is 10.5 Å². The molecule has 0 radical (unpaired) electrons. The molecule has 0 bridgehead atoms. The molecule has 0 fully saturated rings. The van der Waals surface area contributed by atoms with Gasteiger partial charge in [-0.1, -0.05) is 174 Å². The van der Waals surface area contributed by atoms with Gasteiger partial charge in [-0.3, -0.25) is 0 Å². The summed E-state index contributed by atoms with van der Waals surface area (Å²) in [4.78, 5) is 0. The smallest absolute Gasteiger partial charge is 0.161 e. The molecule has 0 aromatic heterocycles. The SMILES string of the molecule is N#Cc1ccc(-c2ccc(OCCCCCCCOc3ccccc3OCCCCCCCOc3ccc(-c4ccc(OCCCCCCCOc5ccccc5OCCCCCCCOc5ccc(-c6ccc(C#N)cc6)cc5)cc4)cc3)cc2)cc1. The van der Waals surface area contributed by atoms with Crippen LogP contribution >= 0.6 is 0 Å². The van der Waals surface area contributed by atoms with Gasteiger partial charge in [0.15, 0.2) is 23.0 Å². The van der Waals surface area contributed by atoms with E-state index in [0.29, 0.717) is 64.0 Å². The Labute approximate surface area is 523 Å². The zero-order valence-electron chi connectivity index (χ0n) is 51.4. The lowest BCUT2D eigenvalue weighted by Gasteiger charge is -2.13. The molecule has 10 nitrogen and oxygen atoms in total. The molecule has 0 spiro atoms. The number of hydrogen-bond donors (Lipinski definition) is 0. The quantitative estimate of drug-likeness (QED) is 0.0342. The normalized spacial score (nSPS) is 10.8. The van der Waals surface area contributed by atoms with Gasteiger partial charge in [-0.25, -0.2) is 0 Å². The van der Waals surface area contributed by atoms with Crippen molar-refractivity contribution in [3.63, 3.8) is 0 Å². The predicted molar refractivity (Wildman–Crippen MR) is 354 cm³/mol. The van der Waals surface area contributed by atoms with Crippen LogP contribution in [-0.2, 0) is 0 Å². The van der Waals surface area contributed by atoms with Crippen molar-refractivity contribution in [1.82, 2.24) is 0 Å². The third-order valence-electron chi connectivity index (χ3n) is 15.4. The van der Waals surface area contributed by atoms with Crippen LogP contribution in [0.15, 0.2) is 194 Å². The molecular formula is C78H88N2O8. The summed E-state index contributed by atoms with van der Waals surface area (Å²) in [7, 11) is 0. The Kier molecular flexibility index (Phi) is 28.9. The van der Waals surface area contributed by atoms with Gasteiger partial charge in [-0.05, 0) is 182 Å². The molecule has 10 heteroatoms. The Hall–Kier alpha value is -8.86. The number of unbranched alkanes of at least 4 members (excludes halogenated alkanes) is 16. The van der Waals surface area contributed by atoms with Crippen molar-refractivity contribution in [2.75, 3.05) is 52.9 Å². The Morgan fingerprint density at radius 1 is 0.193 bits per heavy atom. The molecule has 0 amide bonds. The first-order valence-corrected chi connectivity index (χ1v) is 32.2. The van der Waals surface area contributed by atoms with E-state index < -0.39 is 0 Å². The number of ether oxygens (including phenoxy) is 8. The fourth-order valence-electron chi connectivity index (χ4n) is 10.3. The van der Waals surface area contributed by atoms with E-state index in [-0.39, 0.29) is 0 Å². The Balaban J connectivity index is 0.569. The van der Waals surface area contributed by atoms with Crippen LogP contribution < -0.4 is 37.9 Å². The van der Waals surface area contributed by atoms with Crippen LogP contribution in [0.25, 0.3) is 33.4 Å². The van der Waals surface area contributed by atoms with E-state index in [2.05, 4.69) is 84.9 Å². The highest BCUT2D eigenvalue weighted by atomic mass is 16.5. The van der Waals surface area contributed by atoms with Crippen molar-refractivity contribution in [2.45, 2.75) is 128 Å². The summed E-state index contributed by atoms with van der Waals surface area (Å²) in [6.07, 6.45) is 21.7. The topological polar surface area (TPSA) is 121 Å². The van der Waals surface area contributed by atoms with Gasteiger partial charge in [0.1, 0.15) is 23.0 Å². The van der Waals surface area contributed by atoms with Crippen molar-refractivity contribution in [3.05, 3.63) is 205 Å². The van der Waals surface area contributed by atoms with Crippen LogP contribution in [0.1, 0.15) is 140 Å². The largest absolute Gasteiger partial charge is 0.494 e. The summed E-state index contributed by atoms with van der Waals surface area (Å²) in [6, 6.07) is 68.7. The van der Waals surface area contributed by atoms with Gasteiger partial charge in [0, 0.05) is 0 Å². The lowest BCUT2D eigenvalue weighted by molar-refractivity contribution is 0.256. The van der Waals surface area contributed by atoms with Crippen LogP contribution in [0.2, 0.25) is 0 Å². The van der Waals surface area contributed by atoms with E-state index in [1.807, 2.05) is 121 Å². The van der Waals surface area contributed by atoms with E-state index in [9.17, 15) is 0 Å². The van der Waals surface area contributed by atoms with Crippen molar-refractivity contribution < 1.29 is 37.9 Å².